The summed E-state index contributed by atoms with van der Waals surface area (Å²) in [6, 6.07) is 0. The van der Waals surface area contributed by atoms with Gasteiger partial charge in [0.25, 0.3) is 0 Å². The number of carboxylic acids is 1. The van der Waals surface area contributed by atoms with Crippen LogP contribution < -0.4 is 24.0 Å². The van der Waals surface area contributed by atoms with Crippen LogP contribution in [0, 0.1) is 0 Å². The van der Waals surface area contributed by atoms with Gasteiger partial charge in [-0.15, -0.1) is 0 Å². The third-order valence-electron chi connectivity index (χ3n) is 0.109. The standard InChI is InChI=1S/C2H3IO2.Li/c3-1-2(4)5;/h1H2,(H,4,5);/q;+1/p-1. The van der Waals surface area contributed by atoms with Crippen molar-refractivity contribution in [2.75, 3.05) is 4.43 Å². The van der Waals surface area contributed by atoms with Gasteiger partial charge in [0, 0.05) is 4.43 Å². The molecule has 0 atom stereocenters. The molecule has 0 aromatic rings. The summed E-state index contributed by atoms with van der Waals surface area (Å²) >= 11 is 1.72. The molecule has 0 bridgehead atoms. The first-order valence-electron chi connectivity index (χ1n) is 1.03. The van der Waals surface area contributed by atoms with E-state index in [4.69, 9.17) is 0 Å². The van der Waals surface area contributed by atoms with Crippen LogP contribution in [0.25, 0.3) is 0 Å². The number of carbonyl (C=O) groups excluding carboxylic acids is 1. The number of aliphatic carboxylic acids is 1. The van der Waals surface area contributed by atoms with Gasteiger partial charge in [-0.2, -0.15) is 0 Å². The fourth-order valence-corrected chi connectivity index (χ4v) is 0. The Kier molecular flexibility index (Phi) is 9.59. The molecule has 6 heavy (non-hydrogen) atoms. The monoisotopic (exact) mass is 192 g/mol. The molecule has 0 aromatic carbocycles. The van der Waals surface area contributed by atoms with E-state index in [2.05, 4.69) is 0 Å². The van der Waals surface area contributed by atoms with E-state index in [9.17, 15) is 9.90 Å². The third kappa shape index (κ3) is 8.84. The normalized spacial score (nSPS) is 6.17. The van der Waals surface area contributed by atoms with Gasteiger partial charge in [0.1, 0.15) is 0 Å². The molecule has 0 aliphatic rings. The first-order chi connectivity index (χ1) is 2.27. The topological polar surface area (TPSA) is 40.1 Å². The van der Waals surface area contributed by atoms with E-state index in [0.29, 0.717) is 0 Å². The number of hydrogen-bond donors (Lipinski definition) is 0. The van der Waals surface area contributed by atoms with Crippen molar-refractivity contribution in [1.82, 2.24) is 0 Å². The van der Waals surface area contributed by atoms with Crippen molar-refractivity contribution in [2.45, 2.75) is 0 Å². The van der Waals surface area contributed by atoms with Crippen molar-refractivity contribution >= 4 is 28.6 Å². The molecule has 0 radical (unpaired) electrons. The number of carboxylic acid groups (broad SMARTS) is 1. The summed E-state index contributed by atoms with van der Waals surface area (Å²) < 4.78 is 0.0811. The van der Waals surface area contributed by atoms with Crippen LogP contribution in [0.3, 0.4) is 0 Å². The molecule has 4 heteroatoms. The Morgan fingerprint density at radius 3 is 2.00 bits per heavy atom. The molecule has 0 heterocycles. The molecule has 0 amide bonds. The summed E-state index contributed by atoms with van der Waals surface area (Å²) in [5.74, 6) is -1.01. The third-order valence-corrected chi connectivity index (χ3v) is 0.732. The Labute approximate surface area is 61.6 Å². The van der Waals surface area contributed by atoms with Crippen LogP contribution in [-0.4, -0.2) is 10.4 Å². The maximum absolute atomic E-state index is 9.25. The minimum atomic E-state index is -1.01. The van der Waals surface area contributed by atoms with E-state index >= 15 is 0 Å². The van der Waals surface area contributed by atoms with Gasteiger partial charge in [0.05, 0.1) is 5.97 Å². The van der Waals surface area contributed by atoms with Crippen LogP contribution in [0.5, 0.6) is 0 Å². The van der Waals surface area contributed by atoms with Crippen LogP contribution in [-0.2, 0) is 4.79 Å². The average molecular weight is 192 g/mol. The molecule has 0 rings (SSSR count). The number of halogens is 1. The zero-order valence-electron chi connectivity index (χ0n) is 3.40. The maximum atomic E-state index is 9.25. The number of carbonyl (C=O) groups is 1. The van der Waals surface area contributed by atoms with Crippen LogP contribution >= 0.6 is 22.6 Å². The molecule has 0 N–H and O–H groups in total. The predicted octanol–water partition coefficient (Wildman–Crippen LogP) is -3.82. The molecule has 30 valence electrons. The summed E-state index contributed by atoms with van der Waals surface area (Å²) in [6.45, 7) is 0. The largest absolute Gasteiger partial charge is 1.00 e. The van der Waals surface area contributed by atoms with Crippen molar-refractivity contribution in [1.29, 1.82) is 0 Å². The Bertz CT molecular complexity index is 46.8. The number of hydrogen-bond acceptors (Lipinski definition) is 2. The van der Waals surface area contributed by atoms with E-state index in [1.54, 1.807) is 22.6 Å². The molecule has 0 fully saturated rings. The van der Waals surface area contributed by atoms with Gasteiger partial charge in [-0.05, 0) is 0 Å². The first kappa shape index (κ1) is 9.93. The first-order valence-corrected chi connectivity index (χ1v) is 2.55. The van der Waals surface area contributed by atoms with Crippen LogP contribution in [0.4, 0.5) is 0 Å². The van der Waals surface area contributed by atoms with Gasteiger partial charge >= 0.3 is 18.9 Å². The summed E-state index contributed by atoms with van der Waals surface area (Å²) in [7, 11) is 0. The van der Waals surface area contributed by atoms with E-state index in [1.165, 1.54) is 0 Å². The van der Waals surface area contributed by atoms with Gasteiger partial charge in [-0.1, -0.05) is 22.6 Å². The Balaban J connectivity index is 0. The van der Waals surface area contributed by atoms with Crippen molar-refractivity contribution in [3.63, 3.8) is 0 Å². The van der Waals surface area contributed by atoms with Gasteiger partial charge in [-0.3, -0.25) is 0 Å². The predicted molar refractivity (Wildman–Crippen MR) is 23.9 cm³/mol. The molecule has 0 aromatic heterocycles. The van der Waals surface area contributed by atoms with Crippen LogP contribution in [0.15, 0.2) is 0 Å². The SMILES string of the molecule is O=C([O-])CI.[Li+]. The molecule has 2 nitrogen and oxygen atoms in total. The molecule has 0 saturated heterocycles. The average Bonchev–Trinajstić information content (AvgIpc) is 1.38. The fraction of sp³-hybridized carbons (Fsp3) is 0.500. The van der Waals surface area contributed by atoms with Crippen molar-refractivity contribution in [3.8, 4) is 0 Å². The molecule has 0 aliphatic carbocycles. The summed E-state index contributed by atoms with van der Waals surface area (Å²) in [5.41, 5.74) is 0. The minimum Gasteiger partial charge on any atom is -0.549 e. The smallest absolute Gasteiger partial charge is 0.549 e. The van der Waals surface area contributed by atoms with E-state index in [-0.39, 0.29) is 23.3 Å². The van der Waals surface area contributed by atoms with Crippen molar-refractivity contribution in [2.24, 2.45) is 0 Å². The second-order valence-corrected chi connectivity index (χ2v) is 1.27. The zero-order valence-corrected chi connectivity index (χ0v) is 5.56. The Morgan fingerprint density at radius 2 is 2.00 bits per heavy atom. The minimum absolute atomic E-state index is 0. The maximum Gasteiger partial charge on any atom is 1.00 e. The molecule has 0 spiro atoms. The van der Waals surface area contributed by atoms with Gasteiger partial charge in [0.2, 0.25) is 0 Å². The van der Waals surface area contributed by atoms with E-state index in [0.717, 1.165) is 0 Å². The van der Waals surface area contributed by atoms with Gasteiger partial charge < -0.3 is 9.90 Å². The second kappa shape index (κ2) is 5.80. The van der Waals surface area contributed by atoms with Crippen LogP contribution in [0.1, 0.15) is 0 Å². The fourth-order valence-electron chi connectivity index (χ4n) is 0. The van der Waals surface area contributed by atoms with Gasteiger partial charge in [-0.25, -0.2) is 0 Å². The molecule has 0 aliphatic heterocycles. The molecule has 0 unspecified atom stereocenters. The number of alkyl halides is 1. The zero-order chi connectivity index (χ0) is 4.28. The Hall–Kier alpha value is 0.797. The molecular formula is C2H2ILiO2. The van der Waals surface area contributed by atoms with Gasteiger partial charge in [0.15, 0.2) is 0 Å². The van der Waals surface area contributed by atoms with E-state index < -0.39 is 5.97 Å². The molecular weight excluding hydrogens is 190 g/mol. The number of rotatable bonds is 1. The van der Waals surface area contributed by atoms with Crippen LogP contribution in [0.2, 0.25) is 0 Å². The molecule has 0 saturated carbocycles. The van der Waals surface area contributed by atoms with Crippen molar-refractivity contribution in [3.05, 3.63) is 0 Å². The van der Waals surface area contributed by atoms with Crippen molar-refractivity contribution < 1.29 is 28.8 Å². The summed E-state index contributed by atoms with van der Waals surface area (Å²) in [5, 5.41) is 9.25. The summed E-state index contributed by atoms with van der Waals surface area (Å²) in [6.07, 6.45) is 0. The quantitative estimate of drug-likeness (QED) is 0.242. The summed E-state index contributed by atoms with van der Waals surface area (Å²) in [4.78, 5) is 9.25. The second-order valence-electron chi connectivity index (χ2n) is 0.506. The van der Waals surface area contributed by atoms with E-state index in [1.807, 2.05) is 0 Å². The Morgan fingerprint density at radius 1 is 1.83 bits per heavy atom.